The molecule has 2 aromatic rings. The van der Waals surface area contributed by atoms with Gasteiger partial charge < -0.3 is 15.4 Å². The van der Waals surface area contributed by atoms with Crippen LogP contribution in [0.5, 0.6) is 5.88 Å². The van der Waals surface area contributed by atoms with E-state index in [1.54, 1.807) is 6.07 Å². The molecule has 0 atom stereocenters. The smallest absolute Gasteiger partial charge is 0.422 e. The SMILES string of the molecule is Cc1cccc(NC(=O)CNC(=O)c2ccc(OCC(F)(F)F)nc2)c1C. The van der Waals surface area contributed by atoms with Gasteiger partial charge in [-0.2, -0.15) is 13.2 Å². The van der Waals surface area contributed by atoms with Gasteiger partial charge in [-0.15, -0.1) is 0 Å². The molecule has 1 aromatic heterocycles. The molecule has 2 rings (SSSR count). The summed E-state index contributed by atoms with van der Waals surface area (Å²) >= 11 is 0. The minimum absolute atomic E-state index is 0.0916. The normalized spacial score (nSPS) is 11.0. The van der Waals surface area contributed by atoms with Crippen LogP contribution < -0.4 is 15.4 Å². The second kappa shape index (κ2) is 8.52. The van der Waals surface area contributed by atoms with Crippen LogP contribution in [-0.2, 0) is 4.79 Å². The number of carbonyl (C=O) groups excluding carboxylic acids is 2. The molecule has 27 heavy (non-hydrogen) atoms. The van der Waals surface area contributed by atoms with Gasteiger partial charge in [0.1, 0.15) is 0 Å². The lowest BCUT2D eigenvalue weighted by Gasteiger charge is -2.11. The average Bonchev–Trinajstić information content (AvgIpc) is 2.61. The van der Waals surface area contributed by atoms with Gasteiger partial charge in [-0.25, -0.2) is 4.98 Å². The van der Waals surface area contributed by atoms with Crippen molar-refractivity contribution in [2.24, 2.45) is 0 Å². The molecule has 0 aliphatic carbocycles. The molecule has 144 valence electrons. The maximum absolute atomic E-state index is 12.1. The Kier molecular flexibility index (Phi) is 6.38. The molecule has 9 heteroatoms. The van der Waals surface area contributed by atoms with Crippen molar-refractivity contribution in [2.45, 2.75) is 20.0 Å². The summed E-state index contributed by atoms with van der Waals surface area (Å²) < 4.78 is 40.7. The number of halogens is 3. The predicted octanol–water partition coefficient (Wildman–Crippen LogP) is 3.01. The fraction of sp³-hybridized carbons (Fsp3) is 0.278. The molecule has 0 fully saturated rings. The van der Waals surface area contributed by atoms with Crippen molar-refractivity contribution >= 4 is 17.5 Å². The van der Waals surface area contributed by atoms with Crippen molar-refractivity contribution in [1.82, 2.24) is 10.3 Å². The molecular formula is C18H18F3N3O3. The fourth-order valence-corrected chi connectivity index (χ4v) is 2.10. The molecule has 0 spiro atoms. The molecule has 1 aromatic carbocycles. The third-order valence-corrected chi connectivity index (χ3v) is 3.67. The van der Waals surface area contributed by atoms with E-state index in [4.69, 9.17) is 0 Å². The standard InChI is InChI=1S/C18H18F3N3O3/c1-11-4-3-5-14(12(11)2)24-15(25)9-23-17(26)13-6-7-16(22-8-13)27-10-18(19,20)21/h3-8H,9-10H2,1-2H3,(H,23,26)(H,24,25). The monoisotopic (exact) mass is 381 g/mol. The highest BCUT2D eigenvalue weighted by Crippen LogP contribution is 2.18. The average molecular weight is 381 g/mol. The molecule has 1 heterocycles. The number of ether oxygens (including phenoxy) is 1. The van der Waals surface area contributed by atoms with Crippen molar-refractivity contribution < 1.29 is 27.5 Å². The Balaban J connectivity index is 1.86. The van der Waals surface area contributed by atoms with Crippen LogP contribution in [-0.4, -0.2) is 36.1 Å². The van der Waals surface area contributed by atoms with E-state index in [1.807, 2.05) is 26.0 Å². The number of aryl methyl sites for hydroxylation is 1. The Labute approximate surface area is 153 Å². The zero-order valence-corrected chi connectivity index (χ0v) is 14.7. The van der Waals surface area contributed by atoms with Gasteiger partial charge in [0.15, 0.2) is 6.61 Å². The first-order valence-corrected chi connectivity index (χ1v) is 7.95. The fourth-order valence-electron chi connectivity index (χ4n) is 2.10. The highest BCUT2D eigenvalue weighted by atomic mass is 19.4. The van der Waals surface area contributed by atoms with E-state index < -0.39 is 24.6 Å². The summed E-state index contributed by atoms with van der Waals surface area (Å²) in [5.74, 6) is -1.24. The van der Waals surface area contributed by atoms with Gasteiger partial charge in [0.25, 0.3) is 5.91 Å². The second-order valence-electron chi connectivity index (χ2n) is 5.77. The molecule has 0 saturated carbocycles. The Morgan fingerprint density at radius 2 is 1.89 bits per heavy atom. The molecule has 2 amide bonds. The number of rotatable bonds is 6. The molecule has 0 saturated heterocycles. The molecule has 0 bridgehead atoms. The first-order chi connectivity index (χ1) is 12.7. The lowest BCUT2D eigenvalue weighted by Crippen LogP contribution is -2.33. The predicted molar refractivity (Wildman–Crippen MR) is 92.7 cm³/mol. The van der Waals surface area contributed by atoms with E-state index in [0.29, 0.717) is 5.69 Å². The number of alkyl halides is 3. The van der Waals surface area contributed by atoms with Gasteiger partial charge >= 0.3 is 6.18 Å². The minimum Gasteiger partial charge on any atom is -0.468 e. The van der Waals surface area contributed by atoms with E-state index in [1.165, 1.54) is 6.07 Å². The Hall–Kier alpha value is -3.10. The van der Waals surface area contributed by atoms with Crippen LogP contribution in [0.3, 0.4) is 0 Å². The van der Waals surface area contributed by atoms with E-state index in [-0.39, 0.29) is 18.0 Å². The van der Waals surface area contributed by atoms with Gasteiger partial charge in [-0.05, 0) is 37.1 Å². The largest absolute Gasteiger partial charge is 0.468 e. The zero-order chi connectivity index (χ0) is 20.0. The van der Waals surface area contributed by atoms with E-state index in [9.17, 15) is 22.8 Å². The number of aromatic nitrogens is 1. The Morgan fingerprint density at radius 1 is 1.15 bits per heavy atom. The number of carbonyl (C=O) groups is 2. The molecule has 0 radical (unpaired) electrons. The summed E-state index contributed by atoms with van der Waals surface area (Å²) in [5, 5.41) is 5.12. The number of amides is 2. The molecule has 0 aliphatic heterocycles. The van der Waals surface area contributed by atoms with Crippen LogP contribution >= 0.6 is 0 Å². The Bertz CT molecular complexity index is 821. The molecule has 0 unspecified atom stereocenters. The van der Waals surface area contributed by atoms with Gasteiger partial charge in [0.05, 0.1) is 12.1 Å². The number of nitrogens with zero attached hydrogens (tertiary/aromatic N) is 1. The van der Waals surface area contributed by atoms with Crippen LogP contribution in [0.1, 0.15) is 21.5 Å². The second-order valence-corrected chi connectivity index (χ2v) is 5.77. The summed E-state index contributed by atoms with van der Waals surface area (Å²) in [5.41, 5.74) is 2.70. The maximum atomic E-state index is 12.1. The van der Waals surface area contributed by atoms with Crippen LogP contribution in [0, 0.1) is 13.8 Å². The topological polar surface area (TPSA) is 80.3 Å². The lowest BCUT2D eigenvalue weighted by molar-refractivity contribution is -0.154. The minimum atomic E-state index is -4.47. The number of benzene rings is 1. The van der Waals surface area contributed by atoms with Crippen molar-refractivity contribution in [1.29, 1.82) is 0 Å². The number of hydrogen-bond acceptors (Lipinski definition) is 4. The van der Waals surface area contributed by atoms with Crippen molar-refractivity contribution in [3.63, 3.8) is 0 Å². The van der Waals surface area contributed by atoms with Crippen LogP contribution in [0.25, 0.3) is 0 Å². The maximum Gasteiger partial charge on any atom is 0.422 e. The van der Waals surface area contributed by atoms with Crippen molar-refractivity contribution in [2.75, 3.05) is 18.5 Å². The van der Waals surface area contributed by atoms with E-state index in [2.05, 4.69) is 20.4 Å². The van der Waals surface area contributed by atoms with Crippen LogP contribution in [0.4, 0.5) is 18.9 Å². The highest BCUT2D eigenvalue weighted by Gasteiger charge is 2.28. The van der Waals surface area contributed by atoms with Crippen molar-refractivity contribution in [3.8, 4) is 5.88 Å². The highest BCUT2D eigenvalue weighted by molar-refractivity contribution is 5.99. The first-order valence-electron chi connectivity index (χ1n) is 7.95. The number of anilines is 1. The summed E-state index contributed by atoms with van der Waals surface area (Å²) in [7, 11) is 0. The summed E-state index contributed by atoms with van der Waals surface area (Å²) in [6.07, 6.45) is -3.40. The number of nitrogens with one attached hydrogen (secondary N) is 2. The lowest BCUT2D eigenvalue weighted by atomic mass is 10.1. The van der Waals surface area contributed by atoms with E-state index in [0.717, 1.165) is 23.4 Å². The molecule has 2 N–H and O–H groups in total. The van der Waals surface area contributed by atoms with Gasteiger partial charge in [0, 0.05) is 18.0 Å². The summed E-state index contributed by atoms with van der Waals surface area (Å²) in [6.45, 7) is 2.06. The Morgan fingerprint density at radius 3 is 2.52 bits per heavy atom. The number of hydrogen-bond donors (Lipinski definition) is 2. The van der Waals surface area contributed by atoms with Gasteiger partial charge in [-0.1, -0.05) is 12.1 Å². The molecular weight excluding hydrogens is 363 g/mol. The van der Waals surface area contributed by atoms with Crippen LogP contribution in [0.2, 0.25) is 0 Å². The third-order valence-electron chi connectivity index (χ3n) is 3.67. The van der Waals surface area contributed by atoms with Gasteiger partial charge in [0.2, 0.25) is 11.8 Å². The summed E-state index contributed by atoms with van der Waals surface area (Å²) in [6, 6.07) is 7.89. The quantitative estimate of drug-likeness (QED) is 0.806. The summed E-state index contributed by atoms with van der Waals surface area (Å²) in [4.78, 5) is 27.6. The van der Waals surface area contributed by atoms with Crippen LogP contribution in [0.15, 0.2) is 36.5 Å². The third kappa shape index (κ3) is 6.28. The van der Waals surface area contributed by atoms with Crippen molar-refractivity contribution in [3.05, 3.63) is 53.2 Å². The zero-order valence-electron chi connectivity index (χ0n) is 14.7. The first kappa shape index (κ1) is 20.2. The molecule has 6 nitrogen and oxygen atoms in total. The molecule has 0 aliphatic rings. The van der Waals surface area contributed by atoms with Gasteiger partial charge in [-0.3, -0.25) is 9.59 Å². The number of pyridine rings is 1. The van der Waals surface area contributed by atoms with E-state index >= 15 is 0 Å².